The van der Waals surface area contributed by atoms with Crippen molar-refractivity contribution >= 4 is 8.03 Å². The van der Waals surface area contributed by atoms with Crippen LogP contribution in [0.1, 0.15) is 136 Å². The first kappa shape index (κ1) is 30.8. The highest BCUT2D eigenvalue weighted by atomic mass is 31.1. The summed E-state index contributed by atoms with van der Waals surface area (Å²) in [5, 5.41) is -0.600. The molecule has 0 aromatic carbocycles. The Labute approximate surface area is 196 Å². The van der Waals surface area contributed by atoms with Gasteiger partial charge in [-0.1, -0.05) is 108 Å². The SMILES string of the molecule is CCCCCCCCC/C=C\CCCCCCCCCCC(CC)([P+](=O)[O-])[N+](C)(C)C. The van der Waals surface area contributed by atoms with Crippen LogP contribution in [-0.2, 0) is 4.57 Å². The highest BCUT2D eigenvalue weighted by molar-refractivity contribution is 7.38. The number of quaternary nitrogens is 1. The third-order valence-electron chi connectivity index (χ3n) is 6.99. The molecule has 0 radical (unpaired) electrons. The second kappa shape index (κ2) is 19.2. The number of hydrogen-bond acceptors (Lipinski definition) is 2. The molecule has 0 saturated heterocycles. The first-order valence-corrected chi connectivity index (χ1v) is 14.6. The van der Waals surface area contributed by atoms with E-state index in [1.54, 1.807) is 0 Å². The van der Waals surface area contributed by atoms with Gasteiger partial charge in [0.2, 0.25) is 0 Å². The number of rotatable bonds is 22. The molecular weight excluding hydrogens is 401 g/mol. The highest BCUT2D eigenvalue weighted by Crippen LogP contribution is 2.44. The van der Waals surface area contributed by atoms with E-state index in [1.165, 1.54) is 96.3 Å². The third-order valence-corrected chi connectivity index (χ3v) is 8.81. The van der Waals surface area contributed by atoms with Gasteiger partial charge in [0.25, 0.3) is 5.28 Å². The molecule has 2 unspecified atom stereocenters. The Hall–Kier alpha value is -0.240. The molecule has 0 aliphatic carbocycles. The predicted octanol–water partition coefficient (Wildman–Crippen LogP) is 8.50. The van der Waals surface area contributed by atoms with E-state index in [1.807, 2.05) is 28.1 Å². The second-order valence-electron chi connectivity index (χ2n) is 10.4. The van der Waals surface area contributed by atoms with Crippen LogP contribution in [0.2, 0.25) is 0 Å². The van der Waals surface area contributed by atoms with Crippen molar-refractivity contribution in [2.24, 2.45) is 0 Å². The van der Waals surface area contributed by atoms with E-state index >= 15 is 0 Å². The predicted molar refractivity (Wildman–Crippen MR) is 137 cm³/mol. The molecule has 4 heteroatoms. The van der Waals surface area contributed by atoms with Crippen molar-refractivity contribution in [1.82, 2.24) is 0 Å². The van der Waals surface area contributed by atoms with Crippen molar-refractivity contribution in [3.63, 3.8) is 0 Å². The van der Waals surface area contributed by atoms with Crippen LogP contribution in [0.3, 0.4) is 0 Å². The normalized spacial score (nSPS) is 14.8. The first-order valence-electron chi connectivity index (χ1n) is 13.4. The molecule has 0 rings (SSSR count). The van der Waals surface area contributed by atoms with Gasteiger partial charge in [-0.15, -0.1) is 0 Å². The minimum absolute atomic E-state index is 0.510. The zero-order valence-corrected chi connectivity index (χ0v) is 22.7. The summed E-state index contributed by atoms with van der Waals surface area (Å²) >= 11 is 0. The van der Waals surface area contributed by atoms with E-state index in [9.17, 15) is 9.46 Å². The minimum atomic E-state index is -2.42. The van der Waals surface area contributed by atoms with E-state index in [0.717, 1.165) is 19.3 Å². The fraction of sp³-hybridized carbons (Fsp3) is 0.926. The van der Waals surface area contributed by atoms with Crippen LogP contribution >= 0.6 is 8.03 Å². The van der Waals surface area contributed by atoms with Crippen LogP contribution in [0.25, 0.3) is 0 Å². The van der Waals surface area contributed by atoms with Crippen LogP contribution in [0, 0.1) is 0 Å². The molecule has 0 bridgehead atoms. The largest absolute Gasteiger partial charge is 0.590 e. The summed E-state index contributed by atoms with van der Waals surface area (Å²) in [5.41, 5.74) is 0. The smallest absolute Gasteiger partial charge is 0.376 e. The molecule has 0 heterocycles. The van der Waals surface area contributed by atoms with Gasteiger partial charge in [-0.25, -0.2) is 0 Å². The van der Waals surface area contributed by atoms with Crippen molar-refractivity contribution in [1.29, 1.82) is 0 Å². The lowest BCUT2D eigenvalue weighted by Gasteiger charge is -2.39. The standard InChI is InChI=1S/C27H55NO2P/c1-6-8-9-10-11-12-13-14-15-16-17-18-19-20-21-22-23-24-25-26-27(7-2,31(29)30)28(3,4)5/h15-16H,6-14,17-26H2,1-5H3/q+1/b16-15-. The zero-order valence-electron chi connectivity index (χ0n) is 21.8. The lowest BCUT2D eigenvalue weighted by Crippen LogP contribution is -2.55. The fourth-order valence-corrected chi connectivity index (χ4v) is 5.73. The Kier molecular flexibility index (Phi) is 19.1. The Morgan fingerprint density at radius 1 is 0.677 bits per heavy atom. The van der Waals surface area contributed by atoms with Crippen LogP contribution in [-0.4, -0.2) is 30.9 Å². The number of nitrogens with zero attached hydrogens (tertiary/aromatic N) is 1. The van der Waals surface area contributed by atoms with Gasteiger partial charge in [0.1, 0.15) is 0 Å². The molecule has 0 aliphatic rings. The second-order valence-corrected chi connectivity index (χ2v) is 11.7. The lowest BCUT2D eigenvalue weighted by molar-refractivity contribution is -0.910. The van der Waals surface area contributed by atoms with Crippen molar-refractivity contribution in [2.45, 2.75) is 141 Å². The van der Waals surface area contributed by atoms with Gasteiger partial charge in [-0.2, -0.15) is 0 Å². The maximum absolute atomic E-state index is 11.9. The van der Waals surface area contributed by atoms with Crippen molar-refractivity contribution < 1.29 is 13.9 Å². The maximum atomic E-state index is 11.9. The average Bonchev–Trinajstić information content (AvgIpc) is 2.71. The van der Waals surface area contributed by atoms with Gasteiger partial charge < -0.3 is 4.89 Å². The number of unbranched alkanes of at least 4 members (excludes halogenated alkanes) is 15. The van der Waals surface area contributed by atoms with E-state index < -0.39 is 13.3 Å². The third kappa shape index (κ3) is 14.5. The average molecular weight is 457 g/mol. The molecule has 0 aliphatic heterocycles. The number of allylic oxidation sites excluding steroid dienone is 2. The van der Waals surface area contributed by atoms with Crippen LogP contribution in [0.5, 0.6) is 0 Å². The first-order chi connectivity index (χ1) is 14.8. The molecule has 0 saturated carbocycles. The van der Waals surface area contributed by atoms with Gasteiger partial charge in [-0.05, 0) is 32.1 Å². The number of hydrogen-bond donors (Lipinski definition) is 0. The fourth-order valence-electron chi connectivity index (χ4n) is 4.64. The summed E-state index contributed by atoms with van der Waals surface area (Å²) in [6.07, 6.45) is 28.6. The Balaban J connectivity index is 3.55. The summed E-state index contributed by atoms with van der Waals surface area (Å²) in [4.78, 5) is 11.9. The molecule has 184 valence electrons. The van der Waals surface area contributed by atoms with Gasteiger partial charge >= 0.3 is 8.03 Å². The molecule has 0 spiro atoms. The van der Waals surface area contributed by atoms with E-state index in [2.05, 4.69) is 19.1 Å². The van der Waals surface area contributed by atoms with E-state index in [0.29, 0.717) is 10.9 Å². The van der Waals surface area contributed by atoms with Crippen LogP contribution in [0.15, 0.2) is 12.2 Å². The summed E-state index contributed by atoms with van der Waals surface area (Å²) in [7, 11) is 3.62. The van der Waals surface area contributed by atoms with Gasteiger partial charge in [0, 0.05) is 12.8 Å². The molecule has 31 heavy (non-hydrogen) atoms. The van der Waals surface area contributed by atoms with Gasteiger partial charge in [-0.3, -0.25) is 4.48 Å². The maximum Gasteiger partial charge on any atom is 0.376 e. The topological polar surface area (TPSA) is 40.1 Å². The van der Waals surface area contributed by atoms with E-state index in [-0.39, 0.29) is 0 Å². The molecule has 0 amide bonds. The Morgan fingerprint density at radius 2 is 1.06 bits per heavy atom. The van der Waals surface area contributed by atoms with E-state index in [4.69, 9.17) is 0 Å². The van der Waals surface area contributed by atoms with Gasteiger partial charge in [0.05, 0.1) is 21.1 Å². The molecular formula is C27H55NO2P+. The lowest BCUT2D eigenvalue weighted by atomic mass is 10.0. The summed E-state index contributed by atoms with van der Waals surface area (Å²) in [5.74, 6) is 0. The van der Waals surface area contributed by atoms with Crippen molar-refractivity contribution in [3.8, 4) is 0 Å². The molecule has 0 aromatic rings. The summed E-state index contributed by atoms with van der Waals surface area (Å²) in [6.45, 7) is 4.29. The molecule has 0 N–H and O–H groups in total. The minimum Gasteiger partial charge on any atom is -0.590 e. The van der Waals surface area contributed by atoms with Crippen molar-refractivity contribution in [2.75, 3.05) is 21.1 Å². The Bertz CT molecular complexity index is 459. The Morgan fingerprint density at radius 3 is 1.42 bits per heavy atom. The molecule has 0 aromatic heterocycles. The molecule has 3 nitrogen and oxygen atoms in total. The summed E-state index contributed by atoms with van der Waals surface area (Å²) < 4.78 is 12.4. The van der Waals surface area contributed by atoms with Crippen molar-refractivity contribution in [3.05, 3.63) is 12.2 Å². The monoisotopic (exact) mass is 456 g/mol. The summed E-state index contributed by atoms with van der Waals surface area (Å²) in [6, 6.07) is 0. The van der Waals surface area contributed by atoms with Gasteiger partial charge in [0.15, 0.2) is 0 Å². The van der Waals surface area contributed by atoms with Crippen LogP contribution in [0.4, 0.5) is 0 Å². The zero-order chi connectivity index (χ0) is 23.4. The molecule has 0 fully saturated rings. The highest BCUT2D eigenvalue weighted by Gasteiger charge is 2.52. The quantitative estimate of drug-likeness (QED) is 0.0709. The van der Waals surface area contributed by atoms with Crippen LogP contribution < -0.4 is 4.89 Å². The molecule has 2 atom stereocenters.